The van der Waals surface area contributed by atoms with Gasteiger partial charge in [0.05, 0.1) is 18.3 Å². The van der Waals surface area contributed by atoms with Crippen LogP contribution in [0.15, 0.2) is 24.3 Å². The van der Waals surface area contributed by atoms with Crippen molar-refractivity contribution in [2.45, 2.75) is 64.4 Å². The lowest BCUT2D eigenvalue weighted by molar-refractivity contribution is -0.0681. The summed E-state index contributed by atoms with van der Waals surface area (Å²) in [5.74, 6) is 0.934. The number of hydrogen-bond acceptors (Lipinski definition) is 5. The summed E-state index contributed by atoms with van der Waals surface area (Å²) in [6.45, 7) is 11.2. The van der Waals surface area contributed by atoms with Crippen molar-refractivity contribution in [2.75, 3.05) is 39.4 Å². The fourth-order valence-corrected chi connectivity index (χ4v) is 3.95. The highest BCUT2D eigenvalue weighted by atomic mass is 16.5. The molecule has 3 atom stereocenters. The van der Waals surface area contributed by atoms with Crippen molar-refractivity contribution in [3.8, 4) is 5.75 Å². The first-order valence-electron chi connectivity index (χ1n) is 10.6. The number of hydrogen-bond donors (Lipinski definition) is 1. The van der Waals surface area contributed by atoms with Crippen molar-refractivity contribution >= 4 is 0 Å². The van der Waals surface area contributed by atoms with E-state index in [-0.39, 0.29) is 6.10 Å². The lowest BCUT2D eigenvalue weighted by Gasteiger charge is -2.35. The first-order chi connectivity index (χ1) is 13.2. The number of rotatable bonds is 10. The van der Waals surface area contributed by atoms with Crippen LogP contribution in [0.1, 0.15) is 45.1 Å². The van der Waals surface area contributed by atoms with Crippen LogP contribution >= 0.6 is 0 Å². The number of ether oxygens (including phenoxy) is 3. The van der Waals surface area contributed by atoms with E-state index in [4.69, 9.17) is 14.2 Å². The first-order valence-corrected chi connectivity index (χ1v) is 10.6. The largest absolute Gasteiger partial charge is 0.491 e. The van der Waals surface area contributed by atoms with Gasteiger partial charge in [-0.15, -0.1) is 0 Å². The van der Waals surface area contributed by atoms with Crippen molar-refractivity contribution < 1.29 is 14.2 Å². The molecule has 2 heterocycles. The van der Waals surface area contributed by atoms with Gasteiger partial charge in [-0.1, -0.05) is 12.1 Å². The molecule has 5 heteroatoms. The minimum Gasteiger partial charge on any atom is -0.491 e. The summed E-state index contributed by atoms with van der Waals surface area (Å²) in [6.07, 6.45) is 5.73. The lowest BCUT2D eigenvalue weighted by atomic mass is 10.2. The summed E-state index contributed by atoms with van der Waals surface area (Å²) >= 11 is 0. The fourth-order valence-electron chi connectivity index (χ4n) is 3.95. The van der Waals surface area contributed by atoms with Crippen LogP contribution in [0.3, 0.4) is 0 Å². The summed E-state index contributed by atoms with van der Waals surface area (Å²) in [5, 5.41) is 3.55. The number of morpholine rings is 1. The Bertz CT molecular complexity index is 521. The highest BCUT2D eigenvalue weighted by Crippen LogP contribution is 2.16. The van der Waals surface area contributed by atoms with Gasteiger partial charge < -0.3 is 19.5 Å². The standard InChI is InChI=1S/C22H36N2O3/c1-18-15-24(16-19(2)27-18)12-4-3-11-23-14-20-7-9-21(10-8-20)26-17-22-6-5-13-25-22/h7-10,18-19,22-23H,3-6,11-17H2,1-2H3. The first kappa shape index (κ1) is 20.6. The maximum Gasteiger partial charge on any atom is 0.119 e. The summed E-state index contributed by atoms with van der Waals surface area (Å²) in [6, 6.07) is 8.42. The van der Waals surface area contributed by atoms with Crippen LogP contribution in [-0.2, 0) is 16.0 Å². The van der Waals surface area contributed by atoms with Crippen molar-refractivity contribution in [3.63, 3.8) is 0 Å². The van der Waals surface area contributed by atoms with E-state index in [1.165, 1.54) is 24.9 Å². The molecule has 0 bridgehead atoms. The SMILES string of the molecule is CC1CN(CCCCNCc2ccc(OCC3CCCO3)cc2)CC(C)O1. The average molecular weight is 377 g/mol. The Balaban J connectivity index is 1.23. The number of nitrogens with zero attached hydrogens (tertiary/aromatic N) is 1. The second-order valence-corrected chi connectivity index (χ2v) is 7.99. The molecule has 0 saturated carbocycles. The van der Waals surface area contributed by atoms with Crippen molar-refractivity contribution in [3.05, 3.63) is 29.8 Å². The second kappa shape index (κ2) is 11.0. The highest BCUT2D eigenvalue weighted by Gasteiger charge is 2.21. The zero-order chi connectivity index (χ0) is 18.9. The van der Waals surface area contributed by atoms with Gasteiger partial charge in [0.1, 0.15) is 12.4 Å². The van der Waals surface area contributed by atoms with Gasteiger partial charge in [-0.2, -0.15) is 0 Å². The molecule has 0 radical (unpaired) electrons. The smallest absolute Gasteiger partial charge is 0.119 e. The third-order valence-electron chi connectivity index (χ3n) is 5.29. The molecular weight excluding hydrogens is 340 g/mol. The molecular formula is C22H36N2O3. The van der Waals surface area contributed by atoms with E-state index >= 15 is 0 Å². The van der Waals surface area contributed by atoms with Crippen molar-refractivity contribution in [2.24, 2.45) is 0 Å². The Labute approximate surface area is 164 Å². The van der Waals surface area contributed by atoms with Gasteiger partial charge in [0.15, 0.2) is 0 Å². The minimum atomic E-state index is 0.273. The number of nitrogens with one attached hydrogen (secondary N) is 1. The van der Waals surface area contributed by atoms with Crippen molar-refractivity contribution in [1.29, 1.82) is 0 Å². The molecule has 152 valence electrons. The summed E-state index contributed by atoms with van der Waals surface area (Å²) in [5.41, 5.74) is 1.30. The molecule has 3 unspecified atom stereocenters. The van der Waals surface area contributed by atoms with Crippen LogP contribution in [0.5, 0.6) is 5.75 Å². The van der Waals surface area contributed by atoms with E-state index in [2.05, 4.69) is 48.3 Å². The van der Waals surface area contributed by atoms with E-state index in [9.17, 15) is 0 Å². The molecule has 1 aromatic rings. The minimum absolute atomic E-state index is 0.273. The normalized spacial score (nSPS) is 26.4. The maximum absolute atomic E-state index is 5.82. The Morgan fingerprint density at radius 1 is 1.11 bits per heavy atom. The van der Waals surface area contributed by atoms with Gasteiger partial charge in [0, 0.05) is 26.2 Å². The zero-order valence-electron chi connectivity index (χ0n) is 17.0. The molecule has 2 aliphatic heterocycles. The van der Waals surface area contributed by atoms with Gasteiger partial charge in [-0.3, -0.25) is 4.90 Å². The van der Waals surface area contributed by atoms with E-state index < -0.39 is 0 Å². The average Bonchev–Trinajstić information content (AvgIpc) is 3.17. The van der Waals surface area contributed by atoms with Gasteiger partial charge in [0.25, 0.3) is 0 Å². The molecule has 1 N–H and O–H groups in total. The van der Waals surface area contributed by atoms with E-state index in [1.54, 1.807) is 0 Å². The van der Waals surface area contributed by atoms with Gasteiger partial charge in [-0.25, -0.2) is 0 Å². The maximum atomic E-state index is 5.82. The molecule has 2 aliphatic rings. The second-order valence-electron chi connectivity index (χ2n) is 7.99. The van der Waals surface area contributed by atoms with Crippen LogP contribution < -0.4 is 10.1 Å². The molecule has 3 rings (SSSR count). The molecule has 0 aromatic heterocycles. The van der Waals surface area contributed by atoms with E-state index in [0.717, 1.165) is 51.4 Å². The number of unbranched alkanes of at least 4 members (excludes halogenated alkanes) is 1. The number of benzene rings is 1. The van der Waals surface area contributed by atoms with Crippen LogP contribution in [0.25, 0.3) is 0 Å². The molecule has 5 nitrogen and oxygen atoms in total. The monoisotopic (exact) mass is 376 g/mol. The quantitative estimate of drug-likeness (QED) is 0.635. The molecule has 2 saturated heterocycles. The molecule has 2 fully saturated rings. The Kier molecular flexibility index (Phi) is 8.39. The summed E-state index contributed by atoms with van der Waals surface area (Å²) in [7, 11) is 0. The third-order valence-corrected chi connectivity index (χ3v) is 5.29. The van der Waals surface area contributed by atoms with Gasteiger partial charge in [-0.05, 0) is 70.3 Å². The van der Waals surface area contributed by atoms with Gasteiger partial charge >= 0.3 is 0 Å². The molecule has 1 aromatic carbocycles. The predicted octanol–water partition coefficient (Wildman–Crippen LogP) is 3.22. The molecule has 0 aliphatic carbocycles. The van der Waals surface area contributed by atoms with Crippen LogP contribution in [0.2, 0.25) is 0 Å². The van der Waals surface area contributed by atoms with E-state index in [1.807, 2.05) is 0 Å². The van der Waals surface area contributed by atoms with E-state index in [0.29, 0.717) is 18.8 Å². The summed E-state index contributed by atoms with van der Waals surface area (Å²) in [4.78, 5) is 2.54. The molecule has 27 heavy (non-hydrogen) atoms. The summed E-state index contributed by atoms with van der Waals surface area (Å²) < 4.78 is 17.2. The van der Waals surface area contributed by atoms with Crippen LogP contribution in [-0.4, -0.2) is 62.6 Å². The predicted molar refractivity (Wildman–Crippen MR) is 108 cm³/mol. The molecule has 0 amide bonds. The van der Waals surface area contributed by atoms with Crippen molar-refractivity contribution in [1.82, 2.24) is 10.2 Å². The van der Waals surface area contributed by atoms with Gasteiger partial charge in [0.2, 0.25) is 0 Å². The lowest BCUT2D eigenvalue weighted by Crippen LogP contribution is -2.45. The third kappa shape index (κ3) is 7.41. The topological polar surface area (TPSA) is 43.0 Å². The molecule has 0 spiro atoms. The zero-order valence-corrected chi connectivity index (χ0v) is 17.0. The van der Waals surface area contributed by atoms with Crippen LogP contribution in [0, 0.1) is 0 Å². The Hall–Kier alpha value is -1.14. The Morgan fingerprint density at radius 2 is 1.89 bits per heavy atom. The van der Waals surface area contributed by atoms with Crippen LogP contribution in [0.4, 0.5) is 0 Å². The Morgan fingerprint density at radius 3 is 2.59 bits per heavy atom. The fraction of sp³-hybridized carbons (Fsp3) is 0.727. The highest BCUT2D eigenvalue weighted by molar-refractivity contribution is 5.27.